The first kappa shape index (κ1) is 14.7. The Morgan fingerprint density at radius 1 is 1.47 bits per heavy atom. The molecule has 0 atom stereocenters. The zero-order valence-corrected chi connectivity index (χ0v) is 10.0. The van der Waals surface area contributed by atoms with E-state index in [9.17, 15) is 9.36 Å². The Bertz CT molecular complexity index is 249. The van der Waals surface area contributed by atoms with Crippen molar-refractivity contribution in [3.05, 3.63) is 12.7 Å². The molecule has 0 rings (SSSR count). The second-order valence-electron chi connectivity index (χ2n) is 2.73. The molecule has 0 bridgehead atoms. The summed E-state index contributed by atoms with van der Waals surface area (Å²) < 4.78 is 15.2. The van der Waals surface area contributed by atoms with Gasteiger partial charge in [-0.1, -0.05) is 6.58 Å². The Hall–Kier alpha value is -0.290. The van der Waals surface area contributed by atoms with Gasteiger partial charge < -0.3 is 14.5 Å². The van der Waals surface area contributed by atoms with Gasteiger partial charge in [0, 0.05) is 11.8 Å². The number of carbonyl (C=O) groups is 1. The van der Waals surface area contributed by atoms with Crippen molar-refractivity contribution >= 4 is 25.3 Å². The number of ether oxygens (including phenoxy) is 1. The number of carbonyl (C=O) groups excluding carboxylic acids is 1. The predicted molar refractivity (Wildman–Crippen MR) is 60.0 cm³/mol. The smallest absolute Gasteiger partial charge is 0.330 e. The third-order valence-electron chi connectivity index (χ3n) is 1.38. The first-order chi connectivity index (χ1) is 6.95. The average Bonchev–Trinajstić information content (AvgIpc) is 2.14. The fourth-order valence-corrected chi connectivity index (χ4v) is 2.27. The van der Waals surface area contributed by atoms with Gasteiger partial charge in [-0.15, -0.1) is 0 Å². The van der Waals surface area contributed by atoms with Gasteiger partial charge in [-0.2, -0.15) is 11.8 Å². The van der Waals surface area contributed by atoms with Crippen LogP contribution in [0.3, 0.4) is 0 Å². The molecule has 0 aliphatic heterocycles. The fraction of sp³-hybridized carbons (Fsp3) is 0.625. The van der Waals surface area contributed by atoms with Gasteiger partial charge in [0.05, 0.1) is 6.16 Å². The van der Waals surface area contributed by atoms with Crippen LogP contribution >= 0.6 is 19.4 Å². The van der Waals surface area contributed by atoms with E-state index >= 15 is 0 Å². The minimum atomic E-state index is -3.85. The van der Waals surface area contributed by atoms with Crippen LogP contribution in [0, 0.1) is 0 Å². The van der Waals surface area contributed by atoms with E-state index in [1.807, 2.05) is 0 Å². The summed E-state index contributed by atoms with van der Waals surface area (Å²) in [7, 11) is -3.85. The van der Waals surface area contributed by atoms with Crippen molar-refractivity contribution < 1.29 is 23.9 Å². The zero-order valence-electron chi connectivity index (χ0n) is 8.29. The summed E-state index contributed by atoms with van der Waals surface area (Å²) in [6, 6.07) is 0. The van der Waals surface area contributed by atoms with E-state index in [4.69, 9.17) is 14.5 Å². The molecule has 0 aromatic rings. The summed E-state index contributed by atoms with van der Waals surface area (Å²) in [5.41, 5.74) is 0. The van der Waals surface area contributed by atoms with Crippen LogP contribution < -0.4 is 0 Å². The molecule has 0 unspecified atom stereocenters. The second-order valence-corrected chi connectivity index (χ2v) is 5.73. The molecule has 0 aromatic carbocycles. The van der Waals surface area contributed by atoms with E-state index in [-0.39, 0.29) is 6.16 Å². The van der Waals surface area contributed by atoms with Crippen LogP contribution in [0.25, 0.3) is 0 Å². The molecule has 0 aromatic heterocycles. The van der Waals surface area contributed by atoms with Crippen LogP contribution in [0.15, 0.2) is 12.7 Å². The van der Waals surface area contributed by atoms with Gasteiger partial charge >= 0.3 is 13.6 Å². The SMILES string of the molecule is C=CC(=O)OCCSCCCP(=O)(O)O. The molecule has 0 radical (unpaired) electrons. The first-order valence-corrected chi connectivity index (χ1v) is 7.32. The zero-order chi connectivity index (χ0) is 11.7. The van der Waals surface area contributed by atoms with E-state index in [1.54, 1.807) is 0 Å². The lowest BCUT2D eigenvalue weighted by atomic mass is 10.6. The Balaban J connectivity index is 3.22. The van der Waals surface area contributed by atoms with Gasteiger partial charge in [-0.3, -0.25) is 4.57 Å². The number of esters is 1. The Labute approximate surface area is 93.1 Å². The van der Waals surface area contributed by atoms with E-state index in [0.717, 1.165) is 6.08 Å². The summed E-state index contributed by atoms with van der Waals surface area (Å²) >= 11 is 1.49. The van der Waals surface area contributed by atoms with Crippen molar-refractivity contribution in [1.29, 1.82) is 0 Å². The third-order valence-corrected chi connectivity index (χ3v) is 3.31. The molecule has 7 heteroatoms. The van der Waals surface area contributed by atoms with Crippen LogP contribution in [0.5, 0.6) is 0 Å². The van der Waals surface area contributed by atoms with Gasteiger partial charge in [-0.25, -0.2) is 4.79 Å². The van der Waals surface area contributed by atoms with Crippen molar-refractivity contribution in [3.63, 3.8) is 0 Å². The maximum atomic E-state index is 10.6. The molecule has 0 spiro atoms. The van der Waals surface area contributed by atoms with Crippen LogP contribution in [0.1, 0.15) is 6.42 Å². The molecule has 0 saturated heterocycles. The summed E-state index contributed by atoms with van der Waals surface area (Å²) in [6.45, 7) is 3.55. The van der Waals surface area contributed by atoms with Crippen molar-refractivity contribution in [3.8, 4) is 0 Å². The van der Waals surface area contributed by atoms with Gasteiger partial charge in [0.2, 0.25) is 0 Å². The molecule has 0 amide bonds. The molecule has 88 valence electrons. The van der Waals surface area contributed by atoms with E-state index < -0.39 is 13.6 Å². The molecular weight excluding hydrogens is 239 g/mol. The van der Waals surface area contributed by atoms with Gasteiger partial charge in [0.25, 0.3) is 0 Å². The molecule has 5 nitrogen and oxygen atoms in total. The normalized spacial score (nSPS) is 11.1. The van der Waals surface area contributed by atoms with Gasteiger partial charge in [0.1, 0.15) is 6.61 Å². The molecule has 0 aliphatic carbocycles. The lowest BCUT2D eigenvalue weighted by molar-refractivity contribution is -0.137. The minimum Gasteiger partial charge on any atom is -0.462 e. The highest BCUT2D eigenvalue weighted by atomic mass is 32.2. The van der Waals surface area contributed by atoms with Crippen molar-refractivity contribution in [2.24, 2.45) is 0 Å². The molecule has 0 aliphatic rings. The summed E-state index contributed by atoms with van der Waals surface area (Å²) in [4.78, 5) is 27.7. The van der Waals surface area contributed by atoms with Crippen LogP contribution in [0.4, 0.5) is 0 Å². The number of thioether (sulfide) groups is 1. The molecular formula is C8H15O5PS. The lowest BCUT2D eigenvalue weighted by Crippen LogP contribution is -2.04. The number of rotatable bonds is 8. The van der Waals surface area contributed by atoms with Gasteiger partial charge in [0.15, 0.2) is 0 Å². The van der Waals surface area contributed by atoms with Crippen LogP contribution in [-0.2, 0) is 14.1 Å². The minimum absolute atomic E-state index is 0.0908. The predicted octanol–water partition coefficient (Wildman–Crippen LogP) is 1.02. The molecule has 0 fully saturated rings. The highest BCUT2D eigenvalue weighted by Crippen LogP contribution is 2.35. The van der Waals surface area contributed by atoms with E-state index in [1.165, 1.54) is 11.8 Å². The Kier molecular flexibility index (Phi) is 7.78. The van der Waals surface area contributed by atoms with Crippen molar-refractivity contribution in [2.45, 2.75) is 6.42 Å². The van der Waals surface area contributed by atoms with Gasteiger partial charge in [-0.05, 0) is 12.2 Å². The van der Waals surface area contributed by atoms with E-state index in [2.05, 4.69) is 6.58 Å². The van der Waals surface area contributed by atoms with E-state index in [0.29, 0.717) is 24.5 Å². The molecule has 0 saturated carbocycles. The summed E-state index contributed by atoms with van der Waals surface area (Å²) in [6.07, 6.45) is 1.47. The van der Waals surface area contributed by atoms with Crippen LogP contribution in [-0.4, -0.2) is 40.0 Å². The molecule has 15 heavy (non-hydrogen) atoms. The van der Waals surface area contributed by atoms with Crippen LogP contribution in [0.2, 0.25) is 0 Å². The van der Waals surface area contributed by atoms with Crippen molar-refractivity contribution in [1.82, 2.24) is 0 Å². The highest BCUT2D eigenvalue weighted by Gasteiger charge is 2.11. The molecule has 2 N–H and O–H groups in total. The summed E-state index contributed by atoms with van der Waals surface area (Å²) in [5.74, 6) is 0.822. The molecule has 0 heterocycles. The Morgan fingerprint density at radius 2 is 2.13 bits per heavy atom. The van der Waals surface area contributed by atoms with Crippen molar-refractivity contribution in [2.75, 3.05) is 24.3 Å². The quantitative estimate of drug-likeness (QED) is 0.291. The lowest BCUT2D eigenvalue weighted by Gasteiger charge is -2.03. The highest BCUT2D eigenvalue weighted by molar-refractivity contribution is 7.99. The topological polar surface area (TPSA) is 83.8 Å². The number of hydrogen-bond acceptors (Lipinski definition) is 4. The number of hydrogen-bond donors (Lipinski definition) is 2. The largest absolute Gasteiger partial charge is 0.462 e. The monoisotopic (exact) mass is 254 g/mol. The maximum absolute atomic E-state index is 10.6. The fourth-order valence-electron chi connectivity index (χ4n) is 0.735. The summed E-state index contributed by atoms with van der Waals surface area (Å²) in [5, 5.41) is 0. The average molecular weight is 254 g/mol. The standard InChI is InChI=1S/C8H15O5PS/c1-2-8(9)13-4-7-15-6-3-5-14(10,11)12/h2H,1,3-7H2,(H2,10,11,12). The third kappa shape index (κ3) is 11.6. The second kappa shape index (κ2) is 7.93. The maximum Gasteiger partial charge on any atom is 0.330 e. The Morgan fingerprint density at radius 3 is 2.67 bits per heavy atom. The first-order valence-electron chi connectivity index (χ1n) is 4.37.